The first-order chi connectivity index (χ1) is 14.8. The molecule has 4 rings (SSSR count). The molecule has 0 saturated carbocycles. The second-order valence-corrected chi connectivity index (χ2v) is 8.17. The van der Waals surface area contributed by atoms with Crippen LogP contribution in [0.3, 0.4) is 0 Å². The number of hydrogen-bond acceptors (Lipinski definition) is 5. The Labute approximate surface area is 179 Å². The number of ether oxygens (including phenoxy) is 1. The van der Waals surface area contributed by atoms with Gasteiger partial charge in [0.05, 0.1) is 19.0 Å². The molecule has 0 radical (unpaired) electrons. The molecule has 0 aliphatic carbocycles. The number of methoxy groups -OCH3 is 1. The monoisotopic (exact) mass is 405 g/mol. The number of aromatic nitrogens is 2. The molecule has 1 aromatic carbocycles. The second kappa shape index (κ2) is 10.4. The van der Waals surface area contributed by atoms with E-state index in [0.29, 0.717) is 0 Å². The number of aryl methyl sites for hydroxylation is 1. The lowest BCUT2D eigenvalue weighted by Crippen LogP contribution is -2.33. The van der Waals surface area contributed by atoms with Gasteiger partial charge < -0.3 is 9.15 Å². The van der Waals surface area contributed by atoms with Gasteiger partial charge in [0.25, 0.3) is 0 Å². The van der Waals surface area contributed by atoms with Gasteiger partial charge in [-0.1, -0.05) is 31.0 Å². The largest absolute Gasteiger partial charge is 0.497 e. The summed E-state index contributed by atoms with van der Waals surface area (Å²) in [7, 11) is 1.69. The second-order valence-electron chi connectivity index (χ2n) is 8.17. The zero-order valence-electron chi connectivity index (χ0n) is 17.8. The molecule has 158 valence electrons. The van der Waals surface area contributed by atoms with Crippen LogP contribution < -0.4 is 4.74 Å². The number of nitrogens with zero attached hydrogens (tertiary/aromatic N) is 3. The molecule has 2 aromatic heterocycles. The highest BCUT2D eigenvalue weighted by Gasteiger charge is 2.19. The number of rotatable bonds is 9. The molecular weight excluding hydrogens is 374 g/mol. The molecule has 1 aliphatic rings. The fraction of sp³-hybridized carbons (Fsp3) is 0.440. The zero-order valence-corrected chi connectivity index (χ0v) is 17.8. The van der Waals surface area contributed by atoms with Gasteiger partial charge in [0.15, 0.2) is 5.89 Å². The van der Waals surface area contributed by atoms with Crippen LogP contribution in [-0.2, 0) is 13.0 Å². The van der Waals surface area contributed by atoms with Gasteiger partial charge in [-0.2, -0.15) is 0 Å². The number of piperidine rings is 1. The van der Waals surface area contributed by atoms with E-state index >= 15 is 0 Å². The van der Waals surface area contributed by atoms with Gasteiger partial charge >= 0.3 is 0 Å². The third kappa shape index (κ3) is 5.70. The molecule has 3 aromatic rings. The summed E-state index contributed by atoms with van der Waals surface area (Å²) >= 11 is 0. The predicted octanol–water partition coefficient (Wildman–Crippen LogP) is 5.37. The Balaban J connectivity index is 1.19. The average Bonchev–Trinajstić information content (AvgIpc) is 3.32. The molecule has 30 heavy (non-hydrogen) atoms. The third-order valence-electron chi connectivity index (χ3n) is 6.04. The van der Waals surface area contributed by atoms with Crippen LogP contribution in [-0.4, -0.2) is 35.1 Å². The van der Waals surface area contributed by atoms with E-state index in [2.05, 4.69) is 33.1 Å². The van der Waals surface area contributed by atoms with Crippen molar-refractivity contribution >= 4 is 0 Å². The number of hydrogen-bond donors (Lipinski definition) is 0. The Kier molecular flexibility index (Phi) is 7.14. The Hall–Kier alpha value is -2.66. The number of benzene rings is 1. The number of unbranched alkanes of at least 4 members (excludes halogenated alkanes) is 1. The molecule has 1 aliphatic heterocycles. The maximum atomic E-state index is 5.32. The summed E-state index contributed by atoms with van der Waals surface area (Å²) in [6, 6.07) is 12.4. The van der Waals surface area contributed by atoms with E-state index in [9.17, 15) is 0 Å². The van der Waals surface area contributed by atoms with Gasteiger partial charge in [0, 0.05) is 24.7 Å². The molecule has 1 saturated heterocycles. The van der Waals surface area contributed by atoms with Crippen molar-refractivity contribution in [2.75, 3.05) is 20.2 Å². The summed E-state index contributed by atoms with van der Waals surface area (Å²) in [5.74, 6) is 2.59. The van der Waals surface area contributed by atoms with Gasteiger partial charge in [-0.3, -0.25) is 9.88 Å². The average molecular weight is 406 g/mol. The van der Waals surface area contributed by atoms with Crippen LogP contribution >= 0.6 is 0 Å². The third-order valence-corrected chi connectivity index (χ3v) is 6.04. The van der Waals surface area contributed by atoms with Crippen LogP contribution in [0.15, 0.2) is 59.5 Å². The summed E-state index contributed by atoms with van der Waals surface area (Å²) in [4.78, 5) is 11.4. The molecule has 0 amide bonds. The smallest absolute Gasteiger partial charge is 0.193 e. The number of oxazole rings is 1. The first-order valence-corrected chi connectivity index (χ1v) is 11.0. The van der Waals surface area contributed by atoms with Crippen LogP contribution in [0.4, 0.5) is 0 Å². The lowest BCUT2D eigenvalue weighted by Gasteiger charge is -2.32. The summed E-state index contributed by atoms with van der Waals surface area (Å²) in [5, 5.41) is 0. The minimum Gasteiger partial charge on any atom is -0.497 e. The minimum absolute atomic E-state index is 0.860. The molecule has 0 spiro atoms. The van der Waals surface area contributed by atoms with E-state index in [1.165, 1.54) is 50.8 Å². The summed E-state index contributed by atoms with van der Waals surface area (Å²) < 4.78 is 10.6. The van der Waals surface area contributed by atoms with Crippen LogP contribution in [0, 0.1) is 5.92 Å². The van der Waals surface area contributed by atoms with Gasteiger partial charge in [-0.15, -0.1) is 0 Å². The number of likely N-dealkylation sites (tertiary alicyclic amines) is 1. The van der Waals surface area contributed by atoms with Gasteiger partial charge in [-0.05, 0) is 62.0 Å². The van der Waals surface area contributed by atoms with Crippen molar-refractivity contribution in [3.05, 3.63) is 66.5 Å². The number of pyridine rings is 1. The lowest BCUT2D eigenvalue weighted by atomic mass is 9.91. The van der Waals surface area contributed by atoms with E-state index in [0.717, 1.165) is 41.8 Å². The van der Waals surface area contributed by atoms with Gasteiger partial charge in [0.2, 0.25) is 0 Å². The van der Waals surface area contributed by atoms with Gasteiger partial charge in [-0.25, -0.2) is 4.98 Å². The quantitative estimate of drug-likeness (QED) is 0.448. The van der Waals surface area contributed by atoms with Crippen molar-refractivity contribution < 1.29 is 9.15 Å². The first kappa shape index (κ1) is 20.6. The van der Waals surface area contributed by atoms with E-state index in [1.54, 1.807) is 19.6 Å². The molecule has 0 atom stereocenters. The molecule has 5 nitrogen and oxygen atoms in total. The minimum atomic E-state index is 0.860. The Bertz CT molecular complexity index is 885. The zero-order chi connectivity index (χ0) is 20.6. The van der Waals surface area contributed by atoms with Crippen LogP contribution in [0.5, 0.6) is 5.75 Å². The van der Waals surface area contributed by atoms with E-state index in [1.807, 2.05) is 24.4 Å². The topological polar surface area (TPSA) is 51.4 Å². The summed E-state index contributed by atoms with van der Waals surface area (Å²) in [6.07, 6.45) is 12.7. The van der Waals surface area contributed by atoms with Crippen LogP contribution in [0.25, 0.3) is 11.3 Å². The Morgan fingerprint density at radius 3 is 2.73 bits per heavy atom. The highest BCUT2D eigenvalue weighted by atomic mass is 16.5. The molecular formula is C25H31N3O2. The lowest BCUT2D eigenvalue weighted by molar-refractivity contribution is 0.170. The molecule has 0 N–H and O–H groups in total. The highest BCUT2D eigenvalue weighted by Crippen LogP contribution is 2.25. The van der Waals surface area contributed by atoms with Crippen molar-refractivity contribution in [3.63, 3.8) is 0 Å². The van der Waals surface area contributed by atoms with Crippen molar-refractivity contribution in [2.24, 2.45) is 5.92 Å². The highest BCUT2D eigenvalue weighted by molar-refractivity contribution is 5.61. The maximum absolute atomic E-state index is 5.32. The van der Waals surface area contributed by atoms with Gasteiger partial charge in [0.1, 0.15) is 12.0 Å². The fourth-order valence-electron chi connectivity index (χ4n) is 4.25. The molecule has 3 heterocycles. The van der Waals surface area contributed by atoms with Crippen molar-refractivity contribution in [1.82, 2.24) is 14.9 Å². The molecule has 1 fully saturated rings. The summed E-state index contributed by atoms with van der Waals surface area (Å²) in [5.41, 5.74) is 3.36. The fourth-order valence-corrected chi connectivity index (χ4v) is 4.25. The standard InChI is InChI=1S/C25H31N3O2/c1-29-23-7-4-6-22(17-23)24-10-9-21(18-27-24)19-28-14-11-20(12-15-28)5-2-3-8-25-26-13-16-30-25/h4,6-7,9-10,13,16-18,20H,2-3,5,8,11-12,14-15,19H2,1H3. The maximum Gasteiger partial charge on any atom is 0.193 e. The van der Waals surface area contributed by atoms with E-state index < -0.39 is 0 Å². The van der Waals surface area contributed by atoms with Crippen molar-refractivity contribution in [2.45, 2.75) is 45.1 Å². The van der Waals surface area contributed by atoms with Crippen LogP contribution in [0.1, 0.15) is 43.6 Å². The molecule has 0 unspecified atom stereocenters. The van der Waals surface area contributed by atoms with Crippen molar-refractivity contribution in [1.29, 1.82) is 0 Å². The Morgan fingerprint density at radius 1 is 1.10 bits per heavy atom. The predicted molar refractivity (Wildman–Crippen MR) is 118 cm³/mol. The SMILES string of the molecule is COc1cccc(-c2ccc(CN3CCC(CCCCc4ncco4)CC3)cn2)c1. The normalized spacial score (nSPS) is 15.4. The molecule has 5 heteroatoms. The first-order valence-electron chi connectivity index (χ1n) is 11.0. The summed E-state index contributed by atoms with van der Waals surface area (Å²) in [6.45, 7) is 3.35. The van der Waals surface area contributed by atoms with Crippen LogP contribution in [0.2, 0.25) is 0 Å². The van der Waals surface area contributed by atoms with E-state index in [4.69, 9.17) is 9.15 Å². The molecule has 0 bridgehead atoms. The van der Waals surface area contributed by atoms with Crippen molar-refractivity contribution in [3.8, 4) is 17.0 Å². The Morgan fingerprint density at radius 2 is 2.00 bits per heavy atom. The van der Waals surface area contributed by atoms with E-state index in [-0.39, 0.29) is 0 Å².